The van der Waals surface area contributed by atoms with Gasteiger partial charge in [-0.25, -0.2) is 0 Å². The van der Waals surface area contributed by atoms with Gasteiger partial charge in [0.2, 0.25) is 11.6 Å². The summed E-state index contributed by atoms with van der Waals surface area (Å²) in [5.74, 6) is 0.333. The highest BCUT2D eigenvalue weighted by molar-refractivity contribution is 8.08. The average molecular weight is 222 g/mol. The molecule has 2 aliphatic rings. The average Bonchev–Trinajstić information content (AvgIpc) is 2.80. The third-order valence-corrected chi connectivity index (χ3v) is 4.68. The fraction of sp³-hybridized carbons (Fsp3) is 0.200. The van der Waals surface area contributed by atoms with E-state index < -0.39 is 0 Å². The van der Waals surface area contributed by atoms with E-state index in [1.54, 1.807) is 29.2 Å². The van der Waals surface area contributed by atoms with Crippen molar-refractivity contribution >= 4 is 39.6 Å². The van der Waals surface area contributed by atoms with Gasteiger partial charge in [-0.3, -0.25) is 9.59 Å². The van der Waals surface area contributed by atoms with Gasteiger partial charge in [-0.1, -0.05) is 0 Å². The molecule has 70 valence electrons. The maximum atomic E-state index is 11.7. The lowest BCUT2D eigenvalue weighted by atomic mass is 9.94. The third-order valence-electron chi connectivity index (χ3n) is 2.47. The van der Waals surface area contributed by atoms with Gasteiger partial charge >= 0.3 is 0 Å². The molecule has 0 unspecified atom stereocenters. The second-order valence-electron chi connectivity index (χ2n) is 3.23. The van der Waals surface area contributed by atoms with E-state index in [9.17, 15) is 9.59 Å². The molecule has 0 aromatic carbocycles. The van der Waals surface area contributed by atoms with Crippen molar-refractivity contribution in [3.05, 3.63) is 27.5 Å². The van der Waals surface area contributed by atoms with Crippen LogP contribution in [0.5, 0.6) is 0 Å². The Hall–Kier alpha value is -0.870. The van der Waals surface area contributed by atoms with Crippen LogP contribution in [0.15, 0.2) is 17.0 Å². The summed E-state index contributed by atoms with van der Waals surface area (Å²) in [5, 5.41) is 1.88. The van der Waals surface area contributed by atoms with Gasteiger partial charge in [0.05, 0.1) is 4.88 Å². The number of hydrogen-bond donors (Lipinski definition) is 0. The maximum absolute atomic E-state index is 11.7. The first-order chi connectivity index (χ1) is 6.79. The number of rotatable bonds is 0. The molecule has 2 heterocycles. The van der Waals surface area contributed by atoms with Crippen LogP contribution in [0.25, 0.3) is 4.91 Å². The van der Waals surface area contributed by atoms with E-state index in [0.717, 1.165) is 27.5 Å². The second-order valence-corrected chi connectivity index (χ2v) is 5.25. The molecule has 1 aliphatic carbocycles. The minimum atomic E-state index is -0.317. The number of hydrogen-bond acceptors (Lipinski definition) is 4. The molecule has 3 rings (SSSR count). The van der Waals surface area contributed by atoms with Crippen LogP contribution in [0.3, 0.4) is 0 Å². The van der Waals surface area contributed by atoms with Gasteiger partial charge in [0.15, 0.2) is 0 Å². The Morgan fingerprint density at radius 2 is 2.07 bits per heavy atom. The normalized spacial score (nSPS) is 20.0. The fourth-order valence-corrected chi connectivity index (χ4v) is 4.10. The van der Waals surface area contributed by atoms with Gasteiger partial charge in [-0.2, -0.15) is 0 Å². The van der Waals surface area contributed by atoms with E-state index in [1.165, 1.54) is 0 Å². The Bertz CT molecular complexity index is 482. The molecule has 0 spiro atoms. The summed E-state index contributed by atoms with van der Waals surface area (Å²) in [7, 11) is 0. The predicted molar refractivity (Wildman–Crippen MR) is 57.7 cm³/mol. The quantitative estimate of drug-likeness (QED) is 0.632. The standard InChI is InChI=1S/C10H6O2S2/c11-7-5-1-3-13-9(5)10-6(8(7)12)2-4-14-10/h1,3H,2,4H2. The van der Waals surface area contributed by atoms with Crippen LogP contribution in [0.2, 0.25) is 0 Å². The van der Waals surface area contributed by atoms with Crippen molar-refractivity contribution < 1.29 is 9.59 Å². The van der Waals surface area contributed by atoms with Crippen LogP contribution in [0.1, 0.15) is 21.7 Å². The number of carbonyl (C=O) groups is 2. The molecule has 0 N–H and O–H groups in total. The van der Waals surface area contributed by atoms with Crippen LogP contribution >= 0.6 is 23.1 Å². The first kappa shape index (κ1) is 8.44. The van der Waals surface area contributed by atoms with Crippen LogP contribution in [-0.2, 0) is 4.79 Å². The fourth-order valence-electron chi connectivity index (χ4n) is 1.80. The number of carbonyl (C=O) groups excluding carboxylic acids is 2. The molecule has 0 atom stereocenters. The van der Waals surface area contributed by atoms with E-state index >= 15 is 0 Å². The number of thiophene rings is 1. The number of fused-ring (bicyclic) bond motifs is 2. The smallest absolute Gasteiger partial charge is 0.234 e. The Labute approximate surface area is 89.0 Å². The summed E-state index contributed by atoms with van der Waals surface area (Å²) < 4.78 is 0. The van der Waals surface area contributed by atoms with Crippen molar-refractivity contribution in [1.29, 1.82) is 0 Å². The molecule has 0 saturated carbocycles. The lowest BCUT2D eigenvalue weighted by Gasteiger charge is -2.11. The highest BCUT2D eigenvalue weighted by atomic mass is 32.2. The SMILES string of the molecule is O=C1C(=O)c2ccsc2C2=C1CCS2. The molecule has 0 amide bonds. The first-order valence-corrected chi connectivity index (χ1v) is 6.18. The molecule has 14 heavy (non-hydrogen) atoms. The summed E-state index contributed by atoms with van der Waals surface area (Å²) >= 11 is 3.25. The Morgan fingerprint density at radius 3 is 2.93 bits per heavy atom. The summed E-state index contributed by atoms with van der Waals surface area (Å²) in [6.07, 6.45) is 0.752. The monoisotopic (exact) mass is 222 g/mol. The minimum Gasteiger partial charge on any atom is -0.285 e. The van der Waals surface area contributed by atoms with Gasteiger partial charge in [0.25, 0.3) is 0 Å². The molecule has 0 radical (unpaired) electrons. The van der Waals surface area contributed by atoms with Crippen molar-refractivity contribution in [2.24, 2.45) is 0 Å². The van der Waals surface area contributed by atoms with Crippen molar-refractivity contribution in [3.8, 4) is 0 Å². The third kappa shape index (κ3) is 0.925. The molecule has 1 aromatic rings. The van der Waals surface area contributed by atoms with Crippen molar-refractivity contribution in [2.45, 2.75) is 6.42 Å². The summed E-state index contributed by atoms with van der Waals surface area (Å²) in [4.78, 5) is 25.3. The Morgan fingerprint density at radius 1 is 1.21 bits per heavy atom. The zero-order chi connectivity index (χ0) is 9.71. The molecule has 0 bridgehead atoms. The van der Waals surface area contributed by atoms with E-state index in [0.29, 0.717) is 5.56 Å². The molecular weight excluding hydrogens is 216 g/mol. The molecule has 2 nitrogen and oxygen atoms in total. The van der Waals surface area contributed by atoms with E-state index in [-0.39, 0.29) is 11.6 Å². The van der Waals surface area contributed by atoms with Gasteiger partial charge in [0, 0.05) is 21.8 Å². The predicted octanol–water partition coefficient (Wildman–Crippen LogP) is 2.36. The molecule has 1 aromatic heterocycles. The van der Waals surface area contributed by atoms with Gasteiger partial charge < -0.3 is 0 Å². The van der Waals surface area contributed by atoms with Crippen molar-refractivity contribution in [2.75, 3.05) is 5.75 Å². The highest BCUT2D eigenvalue weighted by Gasteiger charge is 2.35. The molecule has 4 heteroatoms. The maximum Gasteiger partial charge on any atom is 0.234 e. The van der Waals surface area contributed by atoms with Gasteiger partial charge in [-0.15, -0.1) is 23.1 Å². The van der Waals surface area contributed by atoms with Crippen LogP contribution in [0.4, 0.5) is 0 Å². The zero-order valence-corrected chi connectivity index (χ0v) is 8.83. The number of Topliss-reactive ketones (excluding diaryl/α,β-unsaturated/α-hetero) is 2. The van der Waals surface area contributed by atoms with E-state index in [2.05, 4.69) is 0 Å². The van der Waals surface area contributed by atoms with E-state index in [4.69, 9.17) is 0 Å². The zero-order valence-electron chi connectivity index (χ0n) is 7.20. The summed E-state index contributed by atoms with van der Waals surface area (Å²) in [5.41, 5.74) is 1.35. The molecular formula is C10H6O2S2. The summed E-state index contributed by atoms with van der Waals surface area (Å²) in [6.45, 7) is 0. The van der Waals surface area contributed by atoms with Crippen molar-refractivity contribution in [3.63, 3.8) is 0 Å². The largest absolute Gasteiger partial charge is 0.285 e. The number of ketones is 2. The van der Waals surface area contributed by atoms with Crippen LogP contribution in [-0.4, -0.2) is 17.3 Å². The summed E-state index contributed by atoms with van der Waals surface area (Å²) in [6, 6.07) is 1.75. The number of allylic oxidation sites excluding steroid dienone is 1. The second kappa shape index (κ2) is 2.81. The number of thioether (sulfide) groups is 1. The van der Waals surface area contributed by atoms with Gasteiger partial charge in [-0.05, 0) is 17.9 Å². The topological polar surface area (TPSA) is 34.1 Å². The molecule has 0 saturated heterocycles. The molecule has 1 aliphatic heterocycles. The van der Waals surface area contributed by atoms with Gasteiger partial charge in [0.1, 0.15) is 0 Å². The highest BCUT2D eigenvalue weighted by Crippen LogP contribution is 2.46. The Kier molecular flexibility index (Phi) is 1.69. The van der Waals surface area contributed by atoms with E-state index in [1.807, 2.05) is 5.38 Å². The van der Waals surface area contributed by atoms with Crippen molar-refractivity contribution in [1.82, 2.24) is 0 Å². The van der Waals surface area contributed by atoms with Crippen LogP contribution < -0.4 is 0 Å². The minimum absolute atomic E-state index is 0.282. The lowest BCUT2D eigenvalue weighted by molar-refractivity contribution is -0.111. The Balaban J connectivity index is 2.31. The molecule has 0 fully saturated rings. The van der Waals surface area contributed by atoms with Crippen LogP contribution in [0, 0.1) is 0 Å². The lowest BCUT2D eigenvalue weighted by Crippen LogP contribution is -2.20. The first-order valence-electron chi connectivity index (χ1n) is 4.32.